The molecule has 0 bridgehead atoms. The summed E-state index contributed by atoms with van der Waals surface area (Å²) in [7, 11) is 0. The molecular formula is C12H19FIN5. The third kappa shape index (κ3) is 7.24. The predicted molar refractivity (Wildman–Crippen MR) is 85.9 cm³/mol. The number of hydrogen-bond donors (Lipinski definition) is 3. The highest BCUT2D eigenvalue weighted by Crippen LogP contribution is 2.28. The van der Waals surface area contributed by atoms with Crippen LogP contribution in [0.2, 0.25) is 0 Å². The molecule has 1 rings (SSSR count). The quantitative estimate of drug-likeness (QED) is 0.262. The van der Waals surface area contributed by atoms with E-state index in [1.54, 1.807) is 6.21 Å². The second-order valence-corrected chi connectivity index (χ2v) is 5.50. The van der Waals surface area contributed by atoms with Crippen LogP contribution in [0.5, 0.6) is 0 Å². The van der Waals surface area contributed by atoms with Gasteiger partial charge in [0.25, 0.3) is 0 Å². The van der Waals surface area contributed by atoms with Gasteiger partial charge in [-0.05, 0) is 60.0 Å². The van der Waals surface area contributed by atoms with Crippen LogP contribution in [0.3, 0.4) is 0 Å². The zero-order valence-corrected chi connectivity index (χ0v) is 13.0. The van der Waals surface area contributed by atoms with Crippen LogP contribution in [-0.4, -0.2) is 28.5 Å². The summed E-state index contributed by atoms with van der Waals surface area (Å²) < 4.78 is 13.0. The molecule has 106 valence electrons. The summed E-state index contributed by atoms with van der Waals surface area (Å²) >= 11 is 1.89. The molecule has 0 spiro atoms. The summed E-state index contributed by atoms with van der Waals surface area (Å²) in [5.41, 5.74) is 8.83. The molecule has 19 heavy (non-hydrogen) atoms. The van der Waals surface area contributed by atoms with Crippen molar-refractivity contribution in [1.82, 2.24) is 5.43 Å². The largest absolute Gasteiger partial charge is 0.404 e. The predicted octanol–water partition coefficient (Wildman–Crippen LogP) is 2.37. The van der Waals surface area contributed by atoms with Crippen LogP contribution in [0, 0.1) is 11.3 Å². The Kier molecular flexibility index (Phi) is 6.96. The Morgan fingerprint density at radius 2 is 2.32 bits per heavy atom. The van der Waals surface area contributed by atoms with Crippen LogP contribution in [0.25, 0.3) is 0 Å². The second-order valence-electron chi connectivity index (χ2n) is 4.48. The lowest BCUT2D eigenvalue weighted by atomic mass is 10.1. The lowest BCUT2D eigenvalue weighted by Gasteiger charge is -2.05. The topological polar surface area (TPSA) is 86.6 Å². The summed E-state index contributed by atoms with van der Waals surface area (Å²) in [6, 6.07) is 0. The minimum absolute atomic E-state index is 0.281. The van der Waals surface area contributed by atoms with E-state index in [4.69, 9.17) is 11.1 Å². The Morgan fingerprint density at radius 3 is 2.84 bits per heavy atom. The normalized spacial score (nSPS) is 18.7. The fraction of sp³-hybridized carbons (Fsp3) is 0.583. The molecule has 0 saturated heterocycles. The van der Waals surface area contributed by atoms with Gasteiger partial charge in [0.15, 0.2) is 6.30 Å². The summed E-state index contributed by atoms with van der Waals surface area (Å²) in [5, 5.41) is 11.6. The molecule has 0 aromatic rings. The van der Waals surface area contributed by atoms with Gasteiger partial charge in [-0.3, -0.25) is 10.4 Å². The van der Waals surface area contributed by atoms with Crippen molar-refractivity contribution in [1.29, 1.82) is 5.41 Å². The van der Waals surface area contributed by atoms with E-state index in [9.17, 15) is 4.39 Å². The number of nitrogens with zero attached hydrogens (tertiary/aromatic N) is 2. The fourth-order valence-corrected chi connectivity index (χ4v) is 1.59. The molecule has 1 aliphatic rings. The highest BCUT2D eigenvalue weighted by atomic mass is 127. The summed E-state index contributed by atoms with van der Waals surface area (Å²) in [6.07, 6.45) is 4.78. The van der Waals surface area contributed by atoms with Gasteiger partial charge in [-0.1, -0.05) is 0 Å². The number of nitrogens with two attached hydrogens (primary N) is 1. The molecule has 5 nitrogen and oxygen atoms in total. The molecule has 0 aromatic carbocycles. The van der Waals surface area contributed by atoms with Gasteiger partial charge in [0.05, 0.1) is 5.71 Å². The van der Waals surface area contributed by atoms with E-state index in [1.807, 2.05) is 22.6 Å². The minimum atomic E-state index is -1.23. The van der Waals surface area contributed by atoms with Crippen LogP contribution < -0.4 is 11.2 Å². The van der Waals surface area contributed by atoms with E-state index >= 15 is 0 Å². The third-order valence-electron chi connectivity index (χ3n) is 2.50. The number of aliphatic imine (C=N–C) groups is 1. The lowest BCUT2D eigenvalue weighted by molar-refractivity contribution is 0.305. The Bertz CT molecular complexity index is 399. The van der Waals surface area contributed by atoms with E-state index in [1.165, 1.54) is 26.0 Å². The van der Waals surface area contributed by atoms with Crippen molar-refractivity contribution in [2.75, 3.05) is 6.54 Å². The van der Waals surface area contributed by atoms with Gasteiger partial charge in [-0.15, -0.1) is 0 Å². The number of halogens is 2. The van der Waals surface area contributed by atoms with Crippen molar-refractivity contribution < 1.29 is 4.39 Å². The summed E-state index contributed by atoms with van der Waals surface area (Å²) in [4.78, 5) is 4.30. The molecule has 0 aromatic heterocycles. The summed E-state index contributed by atoms with van der Waals surface area (Å²) in [5.74, 6) is 0.728. The molecule has 1 unspecified atom stereocenters. The van der Waals surface area contributed by atoms with E-state index < -0.39 is 6.30 Å². The van der Waals surface area contributed by atoms with Crippen LogP contribution >= 0.6 is 22.6 Å². The highest BCUT2D eigenvalue weighted by Gasteiger charge is 2.19. The number of hydrogen-bond acceptors (Lipinski definition) is 5. The maximum absolute atomic E-state index is 12.6. The molecule has 1 atom stereocenters. The Hall–Kier alpha value is -0.990. The van der Waals surface area contributed by atoms with Crippen molar-refractivity contribution in [3.63, 3.8) is 0 Å². The van der Waals surface area contributed by atoms with E-state index in [-0.39, 0.29) is 5.71 Å². The number of alkyl halides is 1. The van der Waals surface area contributed by atoms with Crippen LogP contribution in [0.15, 0.2) is 21.9 Å². The van der Waals surface area contributed by atoms with Crippen molar-refractivity contribution in [2.45, 2.75) is 32.5 Å². The molecule has 1 saturated carbocycles. The van der Waals surface area contributed by atoms with Gasteiger partial charge in [0.1, 0.15) is 3.72 Å². The average molecular weight is 379 g/mol. The molecule has 0 heterocycles. The van der Waals surface area contributed by atoms with Crippen LogP contribution in [0.4, 0.5) is 4.39 Å². The van der Waals surface area contributed by atoms with Crippen LogP contribution in [0.1, 0.15) is 26.2 Å². The van der Waals surface area contributed by atoms with E-state index in [2.05, 4.69) is 15.5 Å². The fourth-order valence-electron chi connectivity index (χ4n) is 1.26. The number of rotatable bonds is 8. The van der Waals surface area contributed by atoms with Crippen molar-refractivity contribution in [3.8, 4) is 0 Å². The van der Waals surface area contributed by atoms with E-state index in [0.29, 0.717) is 10.1 Å². The number of nitrogens with one attached hydrogen (secondary N) is 2. The standard InChI is InChI=1S/C12H19FIN5/c1-8(13)18-19-12(14)11(16)4-10(5-15)7-17-6-9-2-3-9/h5,7-9,16,18H,2-4,6,15H2,1H3/b10-5?,16-11?,17-7?,19-12+. The highest BCUT2D eigenvalue weighted by molar-refractivity contribution is 14.1. The van der Waals surface area contributed by atoms with Gasteiger partial charge < -0.3 is 11.1 Å². The molecule has 1 fully saturated rings. The van der Waals surface area contributed by atoms with Crippen molar-refractivity contribution in [3.05, 3.63) is 11.8 Å². The number of allylic oxidation sites excluding steroid dienone is 1. The molecule has 0 aliphatic heterocycles. The zero-order chi connectivity index (χ0) is 14.3. The van der Waals surface area contributed by atoms with Gasteiger partial charge in [-0.25, -0.2) is 4.39 Å². The zero-order valence-electron chi connectivity index (χ0n) is 10.9. The van der Waals surface area contributed by atoms with Gasteiger partial charge in [0.2, 0.25) is 0 Å². The van der Waals surface area contributed by atoms with Gasteiger partial charge in [-0.2, -0.15) is 5.10 Å². The summed E-state index contributed by atoms with van der Waals surface area (Å²) in [6.45, 7) is 2.17. The first-order valence-electron chi connectivity index (χ1n) is 6.14. The molecule has 4 N–H and O–H groups in total. The first-order chi connectivity index (χ1) is 9.02. The average Bonchev–Trinajstić information content (AvgIpc) is 3.18. The maximum Gasteiger partial charge on any atom is 0.181 e. The minimum Gasteiger partial charge on any atom is -0.404 e. The first kappa shape index (κ1) is 16.1. The Labute approximate surface area is 126 Å². The molecule has 7 heteroatoms. The van der Waals surface area contributed by atoms with Crippen LogP contribution in [-0.2, 0) is 0 Å². The first-order valence-corrected chi connectivity index (χ1v) is 7.22. The van der Waals surface area contributed by atoms with Crippen molar-refractivity contribution in [2.24, 2.45) is 21.7 Å². The molecular weight excluding hydrogens is 360 g/mol. The monoisotopic (exact) mass is 379 g/mol. The Balaban J connectivity index is 2.43. The number of hydrazone groups is 1. The van der Waals surface area contributed by atoms with Gasteiger partial charge >= 0.3 is 0 Å². The molecule has 0 amide bonds. The smallest absolute Gasteiger partial charge is 0.181 e. The van der Waals surface area contributed by atoms with Crippen molar-refractivity contribution >= 4 is 38.2 Å². The van der Waals surface area contributed by atoms with E-state index in [0.717, 1.165) is 18.0 Å². The third-order valence-corrected chi connectivity index (χ3v) is 3.39. The Morgan fingerprint density at radius 1 is 1.63 bits per heavy atom. The SMILES string of the molecule is CC(F)N/N=C(/I)C(=N)CC(C=NCC1CC1)=CN. The lowest BCUT2D eigenvalue weighted by Crippen LogP contribution is -2.19. The van der Waals surface area contributed by atoms with Gasteiger partial charge in [0, 0.05) is 19.2 Å². The second kappa shape index (κ2) is 8.23. The molecule has 0 radical (unpaired) electrons. The maximum atomic E-state index is 12.6. The molecule has 1 aliphatic carbocycles.